The van der Waals surface area contributed by atoms with Gasteiger partial charge in [0.05, 0.1) is 10.6 Å². The highest BCUT2D eigenvalue weighted by atomic mass is 35.5. The zero-order valence-electron chi connectivity index (χ0n) is 15.8. The molecular formula is C21H19ClN2O6. The van der Waals surface area contributed by atoms with Gasteiger partial charge in [-0.25, -0.2) is 0 Å². The highest BCUT2D eigenvalue weighted by Crippen LogP contribution is 2.33. The third kappa shape index (κ3) is 5.51. The van der Waals surface area contributed by atoms with E-state index >= 15 is 0 Å². The number of halogens is 1. The van der Waals surface area contributed by atoms with Gasteiger partial charge in [-0.15, -0.1) is 0 Å². The van der Waals surface area contributed by atoms with E-state index in [1.165, 1.54) is 6.08 Å². The quantitative estimate of drug-likeness (QED) is 0.438. The first-order valence-electron chi connectivity index (χ1n) is 9.11. The third-order valence-corrected chi connectivity index (χ3v) is 4.50. The lowest BCUT2D eigenvalue weighted by Gasteiger charge is -2.12. The summed E-state index contributed by atoms with van der Waals surface area (Å²) in [4.78, 5) is 35.9. The van der Waals surface area contributed by atoms with Crippen molar-refractivity contribution >= 4 is 35.5 Å². The smallest absolute Gasteiger partial charge is 0.303 e. The van der Waals surface area contributed by atoms with E-state index < -0.39 is 17.8 Å². The number of fused-ring (bicyclic) bond motifs is 1. The van der Waals surface area contributed by atoms with Gasteiger partial charge < -0.3 is 25.2 Å². The summed E-state index contributed by atoms with van der Waals surface area (Å²) in [5.41, 5.74) is 0.804. The van der Waals surface area contributed by atoms with Crippen molar-refractivity contribution in [3.8, 4) is 11.5 Å². The average Bonchev–Trinajstić information content (AvgIpc) is 3.18. The van der Waals surface area contributed by atoms with Crippen LogP contribution in [-0.2, 0) is 9.59 Å². The fourth-order valence-corrected chi connectivity index (χ4v) is 2.92. The highest BCUT2D eigenvalue weighted by molar-refractivity contribution is 6.34. The summed E-state index contributed by atoms with van der Waals surface area (Å²) in [6.45, 7) is 0.258. The number of carboxylic acid groups (broad SMARTS) is 1. The van der Waals surface area contributed by atoms with Gasteiger partial charge in [-0.1, -0.05) is 29.8 Å². The number of carboxylic acids is 1. The lowest BCUT2D eigenvalue weighted by molar-refractivity contribution is -0.137. The van der Waals surface area contributed by atoms with Gasteiger partial charge in [0.25, 0.3) is 11.8 Å². The molecule has 9 heteroatoms. The first-order chi connectivity index (χ1) is 14.4. The molecule has 0 atom stereocenters. The predicted molar refractivity (Wildman–Crippen MR) is 109 cm³/mol. The molecule has 0 aromatic heterocycles. The van der Waals surface area contributed by atoms with Gasteiger partial charge in [-0.3, -0.25) is 14.4 Å². The maximum atomic E-state index is 12.6. The van der Waals surface area contributed by atoms with Crippen LogP contribution in [0.3, 0.4) is 0 Å². The first-order valence-corrected chi connectivity index (χ1v) is 9.49. The molecule has 0 aliphatic carbocycles. The van der Waals surface area contributed by atoms with Gasteiger partial charge >= 0.3 is 5.97 Å². The molecule has 1 aliphatic heterocycles. The van der Waals surface area contributed by atoms with Crippen molar-refractivity contribution in [3.63, 3.8) is 0 Å². The van der Waals surface area contributed by atoms with Crippen LogP contribution in [0, 0.1) is 0 Å². The number of carbonyl (C=O) groups is 3. The molecule has 30 heavy (non-hydrogen) atoms. The van der Waals surface area contributed by atoms with Crippen LogP contribution in [0.5, 0.6) is 11.5 Å². The number of carbonyl (C=O) groups excluding carboxylic acids is 2. The second kappa shape index (κ2) is 9.80. The molecule has 0 bridgehead atoms. The van der Waals surface area contributed by atoms with Crippen molar-refractivity contribution in [1.29, 1.82) is 0 Å². The number of amides is 2. The number of nitrogens with one attached hydrogen (secondary N) is 2. The Morgan fingerprint density at radius 1 is 1.10 bits per heavy atom. The van der Waals surface area contributed by atoms with E-state index in [1.807, 2.05) is 0 Å². The molecule has 0 saturated heterocycles. The standard InChI is InChI=1S/C21H19ClN2O6/c22-15-5-2-1-4-14(15)20(27)24-16(21(28)23-9-3-6-19(25)26)10-13-7-8-17-18(11-13)30-12-29-17/h1-2,4-5,7-8,10-11H,3,6,9,12H2,(H,23,28)(H,24,27)(H,25,26). The van der Waals surface area contributed by atoms with E-state index in [0.29, 0.717) is 17.1 Å². The fraction of sp³-hybridized carbons (Fsp3) is 0.190. The Kier molecular flexibility index (Phi) is 6.92. The Balaban J connectivity index is 1.80. The van der Waals surface area contributed by atoms with Gasteiger partial charge in [0, 0.05) is 13.0 Å². The van der Waals surface area contributed by atoms with E-state index in [-0.39, 0.29) is 42.5 Å². The molecule has 156 valence electrons. The summed E-state index contributed by atoms with van der Waals surface area (Å²) in [7, 11) is 0. The number of aliphatic carboxylic acids is 1. The maximum Gasteiger partial charge on any atom is 0.303 e. The van der Waals surface area contributed by atoms with Crippen LogP contribution in [0.15, 0.2) is 48.2 Å². The van der Waals surface area contributed by atoms with Crippen LogP contribution < -0.4 is 20.1 Å². The molecule has 2 aromatic carbocycles. The van der Waals surface area contributed by atoms with Crippen LogP contribution in [0.4, 0.5) is 0 Å². The van der Waals surface area contributed by atoms with E-state index in [0.717, 1.165) is 0 Å². The number of rotatable bonds is 8. The second-order valence-electron chi connectivity index (χ2n) is 6.36. The normalized spacial score (nSPS) is 12.4. The predicted octanol–water partition coefficient (Wildman–Crippen LogP) is 2.82. The van der Waals surface area contributed by atoms with Crippen molar-refractivity contribution in [1.82, 2.24) is 10.6 Å². The number of hydrogen-bond acceptors (Lipinski definition) is 5. The third-order valence-electron chi connectivity index (χ3n) is 4.17. The van der Waals surface area contributed by atoms with Crippen LogP contribution in [-0.4, -0.2) is 36.2 Å². The summed E-state index contributed by atoms with van der Waals surface area (Å²) in [6.07, 6.45) is 1.67. The largest absolute Gasteiger partial charge is 0.481 e. The molecule has 0 spiro atoms. The van der Waals surface area contributed by atoms with Crippen molar-refractivity contribution in [2.75, 3.05) is 13.3 Å². The SMILES string of the molecule is O=C(O)CCCNC(=O)C(=Cc1ccc2c(c1)OCO2)NC(=O)c1ccccc1Cl. The lowest BCUT2D eigenvalue weighted by atomic mass is 10.1. The first kappa shape index (κ1) is 21.2. The van der Waals surface area contributed by atoms with Crippen LogP contribution in [0.1, 0.15) is 28.8 Å². The molecule has 2 amide bonds. The minimum absolute atomic E-state index is 0.0193. The Morgan fingerprint density at radius 3 is 2.63 bits per heavy atom. The number of ether oxygens (including phenoxy) is 2. The number of benzene rings is 2. The molecule has 3 rings (SSSR count). The molecule has 3 N–H and O–H groups in total. The van der Waals surface area contributed by atoms with Crippen molar-refractivity contribution in [3.05, 3.63) is 64.3 Å². The van der Waals surface area contributed by atoms with E-state index in [1.54, 1.807) is 42.5 Å². The van der Waals surface area contributed by atoms with Crippen molar-refractivity contribution in [2.45, 2.75) is 12.8 Å². The minimum atomic E-state index is -0.951. The molecule has 0 unspecified atom stereocenters. The zero-order chi connectivity index (χ0) is 21.5. The summed E-state index contributed by atoms with van der Waals surface area (Å²) >= 11 is 6.07. The van der Waals surface area contributed by atoms with Crippen molar-refractivity contribution < 1.29 is 29.0 Å². The minimum Gasteiger partial charge on any atom is -0.481 e. The monoisotopic (exact) mass is 430 g/mol. The zero-order valence-corrected chi connectivity index (χ0v) is 16.6. The highest BCUT2D eigenvalue weighted by Gasteiger charge is 2.18. The molecule has 0 saturated carbocycles. The molecule has 0 fully saturated rings. The molecule has 8 nitrogen and oxygen atoms in total. The van der Waals surface area contributed by atoms with Crippen molar-refractivity contribution in [2.24, 2.45) is 0 Å². The Labute approximate surface area is 177 Å². The van der Waals surface area contributed by atoms with Gasteiger partial charge in [-0.2, -0.15) is 0 Å². The summed E-state index contributed by atoms with van der Waals surface area (Å²) < 4.78 is 10.6. The Bertz CT molecular complexity index is 1000. The fourth-order valence-electron chi connectivity index (χ4n) is 2.70. The van der Waals surface area contributed by atoms with Gasteiger partial charge in [0.15, 0.2) is 11.5 Å². The van der Waals surface area contributed by atoms with E-state index in [2.05, 4.69) is 10.6 Å². The molecule has 0 radical (unpaired) electrons. The topological polar surface area (TPSA) is 114 Å². The van der Waals surface area contributed by atoms with Gasteiger partial charge in [0.1, 0.15) is 5.70 Å². The molecule has 1 heterocycles. The van der Waals surface area contributed by atoms with E-state index in [9.17, 15) is 14.4 Å². The van der Waals surface area contributed by atoms with Crippen LogP contribution in [0.25, 0.3) is 6.08 Å². The Hall–Kier alpha value is -3.52. The summed E-state index contributed by atoms with van der Waals surface area (Å²) in [5, 5.41) is 14.1. The molecule has 1 aliphatic rings. The number of hydrogen-bond donors (Lipinski definition) is 3. The Morgan fingerprint density at radius 2 is 1.87 bits per heavy atom. The van der Waals surface area contributed by atoms with Crippen LogP contribution >= 0.6 is 11.6 Å². The summed E-state index contributed by atoms with van der Waals surface area (Å²) in [6, 6.07) is 11.6. The van der Waals surface area contributed by atoms with Crippen LogP contribution in [0.2, 0.25) is 5.02 Å². The van der Waals surface area contributed by atoms with Gasteiger partial charge in [-0.05, 0) is 42.3 Å². The summed E-state index contributed by atoms with van der Waals surface area (Å²) in [5.74, 6) is -0.937. The van der Waals surface area contributed by atoms with E-state index in [4.69, 9.17) is 26.2 Å². The average molecular weight is 431 g/mol. The van der Waals surface area contributed by atoms with Gasteiger partial charge in [0.2, 0.25) is 6.79 Å². The molecule has 2 aromatic rings. The molecular weight excluding hydrogens is 412 g/mol. The lowest BCUT2D eigenvalue weighted by Crippen LogP contribution is -2.35. The maximum absolute atomic E-state index is 12.6. The second-order valence-corrected chi connectivity index (χ2v) is 6.77.